The molecule has 1 heterocycles. The number of anilines is 1. The van der Waals surface area contributed by atoms with Gasteiger partial charge in [0.2, 0.25) is 0 Å². The Morgan fingerprint density at radius 3 is 2.56 bits per heavy atom. The second kappa shape index (κ2) is 5.00. The molecule has 0 unspecified atom stereocenters. The van der Waals surface area contributed by atoms with Crippen LogP contribution in [0.15, 0.2) is 42.7 Å². The SMILES string of the molecule is CC(=O)c1cncc(-c2ccccc2N(C)C)c1. The number of para-hydroxylation sites is 1. The zero-order chi connectivity index (χ0) is 13.1. The van der Waals surface area contributed by atoms with Crippen LogP contribution in [0.1, 0.15) is 17.3 Å². The number of rotatable bonds is 3. The number of hydrogen-bond acceptors (Lipinski definition) is 3. The molecule has 0 radical (unpaired) electrons. The highest BCUT2D eigenvalue weighted by molar-refractivity contribution is 5.95. The third-order valence-electron chi connectivity index (χ3n) is 2.84. The molecule has 0 spiro atoms. The number of carbonyl (C=O) groups excluding carboxylic acids is 1. The summed E-state index contributed by atoms with van der Waals surface area (Å²) in [7, 11) is 4.00. The topological polar surface area (TPSA) is 33.2 Å². The van der Waals surface area contributed by atoms with Crippen molar-refractivity contribution in [2.75, 3.05) is 19.0 Å². The fourth-order valence-corrected chi connectivity index (χ4v) is 1.89. The number of ketones is 1. The predicted octanol–water partition coefficient (Wildman–Crippen LogP) is 3.02. The monoisotopic (exact) mass is 240 g/mol. The molecule has 1 aromatic carbocycles. The van der Waals surface area contributed by atoms with Crippen LogP contribution in [0.5, 0.6) is 0 Å². The molecule has 0 aliphatic carbocycles. The minimum Gasteiger partial charge on any atom is -0.377 e. The summed E-state index contributed by atoms with van der Waals surface area (Å²) in [6, 6.07) is 9.97. The quantitative estimate of drug-likeness (QED) is 0.773. The summed E-state index contributed by atoms with van der Waals surface area (Å²) >= 11 is 0. The molecule has 0 saturated carbocycles. The van der Waals surface area contributed by atoms with Crippen molar-refractivity contribution in [2.45, 2.75) is 6.92 Å². The molecule has 92 valence electrons. The van der Waals surface area contributed by atoms with Gasteiger partial charge in [0.15, 0.2) is 5.78 Å². The highest BCUT2D eigenvalue weighted by Crippen LogP contribution is 2.29. The lowest BCUT2D eigenvalue weighted by atomic mass is 10.0. The standard InChI is InChI=1S/C15H16N2O/c1-11(18)12-8-13(10-16-9-12)14-6-4-5-7-15(14)17(2)3/h4-10H,1-3H3. The number of nitrogens with zero attached hydrogens (tertiary/aromatic N) is 2. The Morgan fingerprint density at radius 1 is 1.17 bits per heavy atom. The first-order valence-corrected chi connectivity index (χ1v) is 5.82. The molecular weight excluding hydrogens is 224 g/mol. The largest absolute Gasteiger partial charge is 0.377 e. The van der Waals surface area contributed by atoms with Gasteiger partial charge >= 0.3 is 0 Å². The van der Waals surface area contributed by atoms with Crippen molar-refractivity contribution in [1.29, 1.82) is 0 Å². The van der Waals surface area contributed by atoms with Crippen molar-refractivity contribution in [3.8, 4) is 11.1 Å². The second-order valence-corrected chi connectivity index (χ2v) is 4.43. The minimum atomic E-state index is 0.0340. The van der Waals surface area contributed by atoms with Crippen LogP contribution in [0.2, 0.25) is 0 Å². The summed E-state index contributed by atoms with van der Waals surface area (Å²) in [6.45, 7) is 1.55. The lowest BCUT2D eigenvalue weighted by Gasteiger charge is -2.17. The molecule has 0 aliphatic rings. The van der Waals surface area contributed by atoms with Crippen LogP contribution < -0.4 is 4.90 Å². The van der Waals surface area contributed by atoms with Gasteiger partial charge in [0, 0.05) is 48.9 Å². The van der Waals surface area contributed by atoms with Gasteiger partial charge in [0.05, 0.1) is 0 Å². The Kier molecular flexibility index (Phi) is 3.42. The van der Waals surface area contributed by atoms with Gasteiger partial charge < -0.3 is 4.90 Å². The molecule has 1 aromatic heterocycles. The average Bonchev–Trinajstić information content (AvgIpc) is 2.39. The van der Waals surface area contributed by atoms with E-state index in [9.17, 15) is 4.79 Å². The van der Waals surface area contributed by atoms with Crippen LogP contribution in [0.3, 0.4) is 0 Å². The highest BCUT2D eigenvalue weighted by atomic mass is 16.1. The fraction of sp³-hybridized carbons (Fsp3) is 0.200. The van der Waals surface area contributed by atoms with Crippen LogP contribution in [0, 0.1) is 0 Å². The Balaban J connectivity index is 2.55. The predicted molar refractivity (Wildman–Crippen MR) is 74.0 cm³/mol. The first-order chi connectivity index (χ1) is 8.59. The number of hydrogen-bond donors (Lipinski definition) is 0. The summed E-state index contributed by atoms with van der Waals surface area (Å²) in [5, 5.41) is 0. The van der Waals surface area contributed by atoms with Crippen molar-refractivity contribution in [3.63, 3.8) is 0 Å². The van der Waals surface area contributed by atoms with E-state index in [1.807, 2.05) is 38.4 Å². The molecule has 0 atom stereocenters. The second-order valence-electron chi connectivity index (χ2n) is 4.43. The Hall–Kier alpha value is -2.16. The van der Waals surface area contributed by atoms with Gasteiger partial charge in [-0.3, -0.25) is 9.78 Å². The normalized spacial score (nSPS) is 10.2. The average molecular weight is 240 g/mol. The molecule has 3 nitrogen and oxygen atoms in total. The lowest BCUT2D eigenvalue weighted by molar-refractivity contribution is 0.101. The van der Waals surface area contributed by atoms with E-state index in [-0.39, 0.29) is 5.78 Å². The van der Waals surface area contributed by atoms with Crippen molar-refractivity contribution in [2.24, 2.45) is 0 Å². The van der Waals surface area contributed by atoms with Gasteiger partial charge in [-0.05, 0) is 19.1 Å². The maximum Gasteiger partial charge on any atom is 0.161 e. The highest BCUT2D eigenvalue weighted by Gasteiger charge is 2.08. The summed E-state index contributed by atoms with van der Waals surface area (Å²) < 4.78 is 0. The molecule has 2 aromatic rings. The van der Waals surface area contributed by atoms with E-state index in [2.05, 4.69) is 16.0 Å². The van der Waals surface area contributed by atoms with Gasteiger partial charge in [-0.25, -0.2) is 0 Å². The van der Waals surface area contributed by atoms with Crippen LogP contribution in [-0.4, -0.2) is 24.9 Å². The van der Waals surface area contributed by atoms with E-state index in [0.717, 1.165) is 16.8 Å². The van der Waals surface area contributed by atoms with E-state index in [1.54, 1.807) is 19.3 Å². The zero-order valence-corrected chi connectivity index (χ0v) is 10.8. The summed E-state index contributed by atoms with van der Waals surface area (Å²) in [5.41, 5.74) is 3.80. The third kappa shape index (κ3) is 2.40. The molecule has 0 aliphatic heterocycles. The molecule has 0 N–H and O–H groups in total. The van der Waals surface area contributed by atoms with Crippen LogP contribution in [0.4, 0.5) is 5.69 Å². The molecular formula is C15H16N2O. The van der Waals surface area contributed by atoms with E-state index >= 15 is 0 Å². The van der Waals surface area contributed by atoms with Gasteiger partial charge in [-0.1, -0.05) is 18.2 Å². The van der Waals surface area contributed by atoms with Crippen molar-refractivity contribution in [3.05, 3.63) is 48.3 Å². The Morgan fingerprint density at radius 2 is 1.89 bits per heavy atom. The van der Waals surface area contributed by atoms with Gasteiger partial charge in [0.25, 0.3) is 0 Å². The van der Waals surface area contributed by atoms with Crippen LogP contribution >= 0.6 is 0 Å². The van der Waals surface area contributed by atoms with E-state index < -0.39 is 0 Å². The maximum atomic E-state index is 11.4. The van der Waals surface area contributed by atoms with E-state index in [1.165, 1.54) is 0 Å². The van der Waals surface area contributed by atoms with Gasteiger partial charge in [-0.15, -0.1) is 0 Å². The van der Waals surface area contributed by atoms with Crippen LogP contribution in [0.25, 0.3) is 11.1 Å². The third-order valence-corrected chi connectivity index (χ3v) is 2.84. The number of benzene rings is 1. The lowest BCUT2D eigenvalue weighted by Crippen LogP contribution is -2.09. The smallest absolute Gasteiger partial charge is 0.161 e. The van der Waals surface area contributed by atoms with E-state index in [4.69, 9.17) is 0 Å². The van der Waals surface area contributed by atoms with Crippen LogP contribution in [-0.2, 0) is 0 Å². The first-order valence-electron chi connectivity index (χ1n) is 5.82. The molecule has 0 bridgehead atoms. The number of pyridine rings is 1. The molecule has 2 rings (SSSR count). The van der Waals surface area contributed by atoms with Crippen molar-refractivity contribution >= 4 is 11.5 Å². The molecule has 0 amide bonds. The van der Waals surface area contributed by atoms with Crippen molar-refractivity contribution in [1.82, 2.24) is 4.98 Å². The molecule has 3 heteroatoms. The maximum absolute atomic E-state index is 11.4. The summed E-state index contributed by atoms with van der Waals surface area (Å²) in [6.07, 6.45) is 3.39. The first kappa shape index (κ1) is 12.3. The van der Waals surface area contributed by atoms with Gasteiger partial charge in [0.1, 0.15) is 0 Å². The molecule has 0 fully saturated rings. The minimum absolute atomic E-state index is 0.0340. The Labute approximate surface area is 107 Å². The summed E-state index contributed by atoms with van der Waals surface area (Å²) in [5.74, 6) is 0.0340. The van der Waals surface area contributed by atoms with Gasteiger partial charge in [-0.2, -0.15) is 0 Å². The fourth-order valence-electron chi connectivity index (χ4n) is 1.89. The number of Topliss-reactive ketones (excluding diaryl/α,β-unsaturated/α-hetero) is 1. The number of aromatic nitrogens is 1. The zero-order valence-electron chi connectivity index (χ0n) is 10.8. The molecule has 0 saturated heterocycles. The summed E-state index contributed by atoms with van der Waals surface area (Å²) in [4.78, 5) is 17.6. The van der Waals surface area contributed by atoms with E-state index in [0.29, 0.717) is 5.56 Å². The molecule has 18 heavy (non-hydrogen) atoms. The Bertz CT molecular complexity index is 576. The number of carbonyl (C=O) groups is 1. The van der Waals surface area contributed by atoms with Crippen molar-refractivity contribution < 1.29 is 4.79 Å².